The Morgan fingerprint density at radius 3 is 2.67 bits per heavy atom. The number of fused-ring (bicyclic) bond motifs is 1. The van der Waals surface area contributed by atoms with E-state index >= 15 is 0 Å². The molecule has 0 aliphatic heterocycles. The number of ether oxygens (including phenoxy) is 1. The number of methoxy groups -OCH3 is 1. The number of imidazole rings is 1. The minimum absolute atomic E-state index is 0.120. The van der Waals surface area contributed by atoms with Crippen LogP contribution >= 0.6 is 0 Å². The van der Waals surface area contributed by atoms with E-state index in [4.69, 9.17) is 9.72 Å². The molecule has 2 rings (SSSR count). The molecule has 0 saturated heterocycles. The van der Waals surface area contributed by atoms with Gasteiger partial charge in [0.15, 0.2) is 0 Å². The van der Waals surface area contributed by atoms with E-state index in [9.17, 15) is 5.11 Å². The molecule has 4 nitrogen and oxygen atoms in total. The predicted molar refractivity (Wildman–Crippen MR) is 85.4 cm³/mol. The van der Waals surface area contributed by atoms with Crippen molar-refractivity contribution in [3.05, 3.63) is 30.1 Å². The molecule has 1 aromatic carbocycles. The maximum atomic E-state index is 10.4. The second-order valence-corrected chi connectivity index (χ2v) is 5.50. The van der Waals surface area contributed by atoms with Gasteiger partial charge < -0.3 is 14.4 Å². The molecule has 116 valence electrons. The van der Waals surface area contributed by atoms with Gasteiger partial charge in [0.2, 0.25) is 0 Å². The zero-order valence-corrected chi connectivity index (χ0v) is 13.2. The summed E-state index contributed by atoms with van der Waals surface area (Å²) >= 11 is 0. The van der Waals surface area contributed by atoms with Gasteiger partial charge in [-0.05, 0) is 25.0 Å². The van der Waals surface area contributed by atoms with Crippen LogP contribution in [0.25, 0.3) is 11.0 Å². The van der Waals surface area contributed by atoms with E-state index < -0.39 is 6.10 Å². The Morgan fingerprint density at radius 2 is 2.00 bits per heavy atom. The summed E-state index contributed by atoms with van der Waals surface area (Å²) < 4.78 is 7.63. The summed E-state index contributed by atoms with van der Waals surface area (Å²) in [5.41, 5.74) is 2.14. The first kappa shape index (κ1) is 16.0. The maximum absolute atomic E-state index is 10.4. The Morgan fingerprint density at radius 1 is 1.24 bits per heavy atom. The van der Waals surface area contributed by atoms with E-state index in [0.717, 1.165) is 42.7 Å². The number of aromatic nitrogens is 2. The Hall–Kier alpha value is -1.39. The molecule has 2 unspecified atom stereocenters. The quantitative estimate of drug-likeness (QED) is 0.812. The molecule has 4 heteroatoms. The second kappa shape index (κ2) is 7.57. The first-order chi connectivity index (χ1) is 10.2. The Labute approximate surface area is 126 Å². The molecule has 21 heavy (non-hydrogen) atoms. The molecule has 0 radical (unpaired) electrons. The van der Waals surface area contributed by atoms with Crippen LogP contribution in [-0.4, -0.2) is 34.0 Å². The zero-order valence-electron chi connectivity index (χ0n) is 13.2. The molecule has 0 bridgehead atoms. The van der Waals surface area contributed by atoms with Gasteiger partial charge >= 0.3 is 0 Å². The molecule has 1 N–H and O–H groups in total. The fourth-order valence-electron chi connectivity index (χ4n) is 2.82. The summed E-state index contributed by atoms with van der Waals surface area (Å²) in [5, 5.41) is 10.4. The number of aliphatic hydroxyl groups is 1. The molecule has 0 aliphatic rings. The summed E-state index contributed by atoms with van der Waals surface area (Å²) in [7, 11) is 1.67. The number of para-hydroxylation sites is 2. The van der Waals surface area contributed by atoms with Crippen molar-refractivity contribution in [1.82, 2.24) is 9.55 Å². The fourth-order valence-corrected chi connectivity index (χ4v) is 2.82. The van der Waals surface area contributed by atoms with Crippen molar-refractivity contribution >= 4 is 11.0 Å². The van der Waals surface area contributed by atoms with Gasteiger partial charge in [0.25, 0.3) is 0 Å². The van der Waals surface area contributed by atoms with Crippen LogP contribution in [0.4, 0.5) is 0 Å². The van der Waals surface area contributed by atoms with E-state index in [1.54, 1.807) is 7.11 Å². The largest absolute Gasteiger partial charge is 0.390 e. The highest BCUT2D eigenvalue weighted by molar-refractivity contribution is 5.75. The summed E-state index contributed by atoms with van der Waals surface area (Å²) in [6, 6.07) is 8.15. The highest BCUT2D eigenvalue weighted by Gasteiger charge is 2.21. The Bertz CT molecular complexity index is 565. The van der Waals surface area contributed by atoms with Crippen LogP contribution in [0, 0.1) is 0 Å². The molecule has 1 aromatic heterocycles. The van der Waals surface area contributed by atoms with Gasteiger partial charge in [-0.3, -0.25) is 0 Å². The standard InChI is InChI=1S/C17H26N2O2/c1-4-8-16(21-3)15(20)12-17-18-13-9-6-7-10-14(13)19(17)11-5-2/h6-7,9-10,15-16,20H,4-5,8,11-12H2,1-3H3. The lowest BCUT2D eigenvalue weighted by Crippen LogP contribution is -2.31. The van der Waals surface area contributed by atoms with E-state index in [1.807, 2.05) is 18.2 Å². The van der Waals surface area contributed by atoms with Crippen LogP contribution in [0.1, 0.15) is 38.9 Å². The van der Waals surface area contributed by atoms with Gasteiger partial charge in [-0.25, -0.2) is 4.98 Å². The highest BCUT2D eigenvalue weighted by atomic mass is 16.5. The van der Waals surface area contributed by atoms with Crippen LogP contribution in [0.3, 0.4) is 0 Å². The molecule has 0 aliphatic carbocycles. The third-order valence-electron chi connectivity index (χ3n) is 3.88. The van der Waals surface area contributed by atoms with E-state index in [-0.39, 0.29) is 6.10 Å². The van der Waals surface area contributed by atoms with Crippen LogP contribution in [0.5, 0.6) is 0 Å². The fraction of sp³-hybridized carbons (Fsp3) is 0.588. The normalized spacial score (nSPS) is 14.5. The third kappa shape index (κ3) is 3.63. The number of rotatable bonds is 8. The first-order valence-electron chi connectivity index (χ1n) is 7.86. The van der Waals surface area contributed by atoms with Crippen LogP contribution in [0.2, 0.25) is 0 Å². The lowest BCUT2D eigenvalue weighted by atomic mass is 10.1. The topological polar surface area (TPSA) is 47.3 Å². The second-order valence-electron chi connectivity index (χ2n) is 5.50. The van der Waals surface area contributed by atoms with Crippen LogP contribution in [0.15, 0.2) is 24.3 Å². The maximum Gasteiger partial charge on any atom is 0.112 e. The predicted octanol–water partition coefficient (Wildman–Crippen LogP) is 3.16. The van der Waals surface area contributed by atoms with Crippen molar-refractivity contribution in [1.29, 1.82) is 0 Å². The Balaban J connectivity index is 2.26. The van der Waals surface area contributed by atoms with Crippen molar-refractivity contribution in [2.45, 2.75) is 58.3 Å². The Kier molecular flexibility index (Phi) is 5.76. The van der Waals surface area contributed by atoms with Gasteiger partial charge in [-0.1, -0.05) is 32.4 Å². The van der Waals surface area contributed by atoms with E-state index in [1.165, 1.54) is 0 Å². The number of nitrogens with zero attached hydrogens (tertiary/aromatic N) is 2. The number of hydrogen-bond acceptors (Lipinski definition) is 3. The van der Waals surface area contributed by atoms with Crippen molar-refractivity contribution in [3.63, 3.8) is 0 Å². The van der Waals surface area contributed by atoms with Crippen molar-refractivity contribution in [2.24, 2.45) is 0 Å². The van der Waals surface area contributed by atoms with Gasteiger partial charge in [-0.15, -0.1) is 0 Å². The number of aryl methyl sites for hydroxylation is 1. The summed E-state index contributed by atoms with van der Waals surface area (Å²) in [4.78, 5) is 4.70. The van der Waals surface area contributed by atoms with Crippen LogP contribution in [-0.2, 0) is 17.7 Å². The lowest BCUT2D eigenvalue weighted by molar-refractivity contribution is -0.0170. The molecule has 0 amide bonds. The van der Waals surface area contributed by atoms with Crippen molar-refractivity contribution in [3.8, 4) is 0 Å². The van der Waals surface area contributed by atoms with Gasteiger partial charge in [0, 0.05) is 20.1 Å². The molecule has 2 atom stereocenters. The zero-order chi connectivity index (χ0) is 15.2. The molecular formula is C17H26N2O2. The van der Waals surface area contributed by atoms with Crippen LogP contribution < -0.4 is 0 Å². The van der Waals surface area contributed by atoms with E-state index in [0.29, 0.717) is 6.42 Å². The average Bonchev–Trinajstić information content (AvgIpc) is 2.83. The van der Waals surface area contributed by atoms with Gasteiger partial charge in [-0.2, -0.15) is 0 Å². The summed E-state index contributed by atoms with van der Waals surface area (Å²) in [6.45, 7) is 5.18. The third-order valence-corrected chi connectivity index (χ3v) is 3.88. The molecule has 2 aromatic rings. The SMILES string of the molecule is CCCC(OC)C(O)Cc1nc2ccccc2n1CCC. The minimum Gasteiger partial charge on any atom is -0.390 e. The van der Waals surface area contributed by atoms with Gasteiger partial charge in [0.1, 0.15) is 5.82 Å². The summed E-state index contributed by atoms with van der Waals surface area (Å²) in [6.07, 6.45) is 2.82. The molecule has 0 fully saturated rings. The van der Waals surface area contributed by atoms with Crippen molar-refractivity contribution in [2.75, 3.05) is 7.11 Å². The number of aliphatic hydroxyl groups excluding tert-OH is 1. The smallest absolute Gasteiger partial charge is 0.112 e. The first-order valence-corrected chi connectivity index (χ1v) is 7.86. The lowest BCUT2D eigenvalue weighted by Gasteiger charge is -2.21. The molecular weight excluding hydrogens is 264 g/mol. The van der Waals surface area contributed by atoms with Gasteiger partial charge in [0.05, 0.1) is 23.2 Å². The van der Waals surface area contributed by atoms with Crippen molar-refractivity contribution < 1.29 is 9.84 Å². The van der Waals surface area contributed by atoms with E-state index in [2.05, 4.69) is 24.5 Å². The summed E-state index contributed by atoms with van der Waals surface area (Å²) in [5.74, 6) is 0.948. The molecule has 0 saturated carbocycles. The highest BCUT2D eigenvalue weighted by Crippen LogP contribution is 2.19. The average molecular weight is 290 g/mol. The molecule has 0 spiro atoms. The monoisotopic (exact) mass is 290 g/mol. The number of benzene rings is 1. The minimum atomic E-state index is -0.512. The molecule has 1 heterocycles. The number of hydrogen-bond donors (Lipinski definition) is 1.